The van der Waals surface area contributed by atoms with Gasteiger partial charge in [0.1, 0.15) is 16.9 Å². The molecule has 7 nitrogen and oxygen atoms in total. The largest absolute Gasteiger partial charge is 0.506 e. The number of aromatic hydroxyl groups is 1. The molecular formula is C29H28Cl4F2N4O3. The molecule has 0 bridgehead atoms. The highest BCUT2D eigenvalue weighted by Crippen LogP contribution is 2.36. The number of aromatic nitrogens is 4. The molecule has 0 spiro atoms. The van der Waals surface area contributed by atoms with E-state index in [1.165, 1.54) is 30.9 Å². The fraction of sp³-hybridized carbons (Fsp3) is 0.379. The number of nitrogens with zero attached hydrogens (tertiary/aromatic N) is 4. The van der Waals surface area contributed by atoms with Crippen LogP contribution < -0.4 is 11.1 Å². The number of halogens is 6. The number of hydrogen-bond donors (Lipinski definition) is 1. The van der Waals surface area contributed by atoms with E-state index >= 15 is 0 Å². The Hall–Kier alpha value is -2.72. The van der Waals surface area contributed by atoms with Gasteiger partial charge in [-0.3, -0.25) is 19.0 Å². The van der Waals surface area contributed by atoms with Gasteiger partial charge in [0.15, 0.2) is 0 Å². The van der Waals surface area contributed by atoms with E-state index in [1.807, 2.05) is 0 Å². The summed E-state index contributed by atoms with van der Waals surface area (Å²) in [4.78, 5) is 25.0. The number of phenolic OH excluding ortho intramolecular Hbond substituents is 1. The van der Waals surface area contributed by atoms with Crippen LogP contribution in [0.2, 0.25) is 20.1 Å². The standard InChI is InChI=1S/C15H15Cl2FN2O.C14H13Cl2FN2O2/c1-9-7-10(12(17)8-11(9)16)13-14(18)19-5-3-2-4-6-20(19)15(13)21;15-9-7-10(16)11(20)6-8(9)12-13(17)18-4-2-1-3-5-19(18)14(12)21/h7-8H,2-6H2,1H3;6-7,20H,1-5H2. The lowest BCUT2D eigenvalue weighted by molar-refractivity contribution is 0.393. The van der Waals surface area contributed by atoms with Gasteiger partial charge in [0.25, 0.3) is 11.1 Å². The van der Waals surface area contributed by atoms with Gasteiger partial charge in [-0.2, -0.15) is 8.78 Å². The van der Waals surface area contributed by atoms with Crippen molar-refractivity contribution in [3.05, 3.63) is 82.5 Å². The van der Waals surface area contributed by atoms with E-state index in [0.29, 0.717) is 41.8 Å². The highest BCUT2D eigenvalue weighted by Gasteiger charge is 2.26. The van der Waals surface area contributed by atoms with Crippen LogP contribution in [0.4, 0.5) is 8.78 Å². The lowest BCUT2D eigenvalue weighted by atomic mass is 10.1. The van der Waals surface area contributed by atoms with Crippen molar-refractivity contribution in [2.24, 2.45) is 0 Å². The van der Waals surface area contributed by atoms with E-state index in [1.54, 1.807) is 19.1 Å². The Bertz CT molecular complexity index is 1660. The van der Waals surface area contributed by atoms with Crippen molar-refractivity contribution in [3.8, 4) is 28.0 Å². The minimum atomic E-state index is -0.620. The summed E-state index contributed by atoms with van der Waals surface area (Å²) in [5.74, 6) is -1.36. The third-order valence-corrected chi connectivity index (χ3v) is 8.98. The Morgan fingerprint density at radius 1 is 0.595 bits per heavy atom. The molecule has 0 amide bonds. The molecule has 0 atom stereocenters. The molecule has 2 aliphatic heterocycles. The third-order valence-electron chi connectivity index (χ3n) is 7.65. The summed E-state index contributed by atoms with van der Waals surface area (Å²) in [5, 5.41) is 10.7. The second kappa shape index (κ2) is 12.5. The lowest BCUT2D eigenvalue weighted by Crippen LogP contribution is -2.22. The lowest BCUT2D eigenvalue weighted by Gasteiger charge is -2.06. The minimum Gasteiger partial charge on any atom is -0.506 e. The maximum Gasteiger partial charge on any atom is 0.277 e. The minimum absolute atomic E-state index is 0.0432. The van der Waals surface area contributed by atoms with E-state index in [9.17, 15) is 23.5 Å². The molecule has 2 aromatic heterocycles. The number of fused-ring (bicyclic) bond motifs is 2. The van der Waals surface area contributed by atoms with Gasteiger partial charge < -0.3 is 5.11 Å². The summed E-state index contributed by atoms with van der Waals surface area (Å²) in [6.07, 6.45) is 5.38. The smallest absolute Gasteiger partial charge is 0.277 e. The molecule has 0 saturated carbocycles. The van der Waals surface area contributed by atoms with Crippen molar-refractivity contribution < 1.29 is 13.9 Å². The number of rotatable bonds is 2. The van der Waals surface area contributed by atoms with Crippen molar-refractivity contribution in [1.82, 2.24) is 18.7 Å². The maximum atomic E-state index is 14.7. The summed E-state index contributed by atoms with van der Waals surface area (Å²) in [6, 6.07) is 5.76. The van der Waals surface area contributed by atoms with Crippen LogP contribution in [0.15, 0.2) is 33.9 Å². The molecule has 13 heteroatoms. The summed E-state index contributed by atoms with van der Waals surface area (Å²) < 4.78 is 35.0. The first-order valence-corrected chi connectivity index (χ1v) is 15.1. The normalized spacial score (nSPS) is 14.8. The van der Waals surface area contributed by atoms with Gasteiger partial charge in [0.2, 0.25) is 11.9 Å². The second-order valence-electron chi connectivity index (χ2n) is 10.4. The van der Waals surface area contributed by atoms with E-state index in [2.05, 4.69) is 0 Å². The third kappa shape index (κ3) is 5.64. The molecule has 0 unspecified atom stereocenters. The first-order valence-electron chi connectivity index (χ1n) is 13.6. The second-order valence-corrected chi connectivity index (χ2v) is 12.0. The topological polar surface area (TPSA) is 74.1 Å². The van der Waals surface area contributed by atoms with Crippen molar-refractivity contribution in [2.75, 3.05) is 0 Å². The van der Waals surface area contributed by atoms with E-state index in [4.69, 9.17) is 46.4 Å². The molecule has 0 radical (unpaired) electrons. The fourth-order valence-corrected chi connectivity index (χ4v) is 6.39. The van der Waals surface area contributed by atoms with Crippen molar-refractivity contribution >= 4 is 46.4 Å². The average molecular weight is 660 g/mol. The van der Waals surface area contributed by atoms with Crippen LogP contribution >= 0.6 is 46.4 Å². The first kappa shape index (κ1) is 30.7. The van der Waals surface area contributed by atoms with Crippen LogP contribution in [0.3, 0.4) is 0 Å². The zero-order valence-electron chi connectivity index (χ0n) is 22.7. The van der Waals surface area contributed by atoms with Crippen molar-refractivity contribution in [1.29, 1.82) is 0 Å². The van der Waals surface area contributed by atoms with Crippen LogP contribution in [0.1, 0.15) is 44.1 Å². The highest BCUT2D eigenvalue weighted by molar-refractivity contribution is 6.37. The molecule has 0 saturated heterocycles. The summed E-state index contributed by atoms with van der Waals surface area (Å²) in [7, 11) is 0. The Kier molecular flexibility index (Phi) is 9.13. The Morgan fingerprint density at radius 3 is 1.48 bits per heavy atom. The summed E-state index contributed by atoms with van der Waals surface area (Å²) in [6.45, 7) is 3.80. The molecule has 224 valence electrons. The number of phenols is 1. The predicted molar refractivity (Wildman–Crippen MR) is 162 cm³/mol. The quantitative estimate of drug-likeness (QED) is 0.238. The molecule has 0 aliphatic carbocycles. The summed E-state index contributed by atoms with van der Waals surface area (Å²) >= 11 is 24.0. The fourth-order valence-electron chi connectivity index (χ4n) is 5.44. The van der Waals surface area contributed by atoms with Gasteiger partial charge in [-0.15, -0.1) is 0 Å². The number of hydrogen-bond acceptors (Lipinski definition) is 3. The molecule has 2 aliphatic rings. The first-order chi connectivity index (χ1) is 20.0. The monoisotopic (exact) mass is 658 g/mol. The van der Waals surface area contributed by atoms with Crippen LogP contribution in [0.5, 0.6) is 5.75 Å². The Labute approximate surface area is 260 Å². The molecule has 4 heterocycles. The van der Waals surface area contributed by atoms with Gasteiger partial charge in [0.05, 0.1) is 15.1 Å². The molecular weight excluding hydrogens is 632 g/mol. The van der Waals surface area contributed by atoms with Gasteiger partial charge in [-0.05, 0) is 75.3 Å². The van der Waals surface area contributed by atoms with E-state index in [-0.39, 0.29) is 38.0 Å². The zero-order chi connectivity index (χ0) is 30.3. The van der Waals surface area contributed by atoms with Crippen LogP contribution in [0, 0.1) is 18.8 Å². The van der Waals surface area contributed by atoms with E-state index < -0.39 is 17.5 Å². The van der Waals surface area contributed by atoms with Gasteiger partial charge >= 0.3 is 0 Å². The number of aryl methyl sites for hydroxylation is 1. The molecule has 6 rings (SSSR count). The Balaban J connectivity index is 0.000000168. The summed E-state index contributed by atoms with van der Waals surface area (Å²) in [5.41, 5.74) is 0.510. The van der Waals surface area contributed by atoms with Crippen molar-refractivity contribution in [2.45, 2.75) is 71.6 Å². The maximum absolute atomic E-state index is 14.7. The molecule has 0 fully saturated rings. The highest BCUT2D eigenvalue weighted by atomic mass is 35.5. The SMILES string of the molecule is Cc1cc(-c2c(F)n3n(c2=O)CCCCC3)c(Cl)cc1Cl.O=c1c(-c2cc(O)c(Cl)cc2Cl)c(F)n2n1CCCCC2. The van der Waals surface area contributed by atoms with Gasteiger partial charge in [-0.25, -0.2) is 9.36 Å². The number of benzene rings is 2. The molecule has 4 aromatic rings. The predicted octanol–water partition coefficient (Wildman–Crippen LogP) is 7.91. The van der Waals surface area contributed by atoms with Crippen LogP contribution in [-0.2, 0) is 26.2 Å². The molecule has 2 aromatic carbocycles. The average Bonchev–Trinajstić information content (AvgIpc) is 3.19. The van der Waals surface area contributed by atoms with Gasteiger partial charge in [-0.1, -0.05) is 46.4 Å². The van der Waals surface area contributed by atoms with Crippen LogP contribution in [-0.4, -0.2) is 23.8 Å². The Morgan fingerprint density at radius 2 is 1.00 bits per heavy atom. The van der Waals surface area contributed by atoms with E-state index in [0.717, 1.165) is 44.1 Å². The molecule has 42 heavy (non-hydrogen) atoms. The molecule has 1 N–H and O–H groups in total. The zero-order valence-corrected chi connectivity index (χ0v) is 25.7. The van der Waals surface area contributed by atoms with Crippen molar-refractivity contribution in [3.63, 3.8) is 0 Å². The van der Waals surface area contributed by atoms with Gasteiger partial charge in [0, 0.05) is 42.3 Å². The van der Waals surface area contributed by atoms with Crippen LogP contribution in [0.25, 0.3) is 22.3 Å².